The Bertz CT molecular complexity index is 418. The fourth-order valence-electron chi connectivity index (χ4n) is 1.23. The van der Waals surface area contributed by atoms with E-state index >= 15 is 0 Å². The van der Waals surface area contributed by atoms with Crippen LogP contribution in [0.15, 0.2) is 16.6 Å². The van der Waals surface area contributed by atoms with Gasteiger partial charge in [-0.1, -0.05) is 6.92 Å². The Morgan fingerprint density at radius 2 is 1.89 bits per heavy atom. The summed E-state index contributed by atoms with van der Waals surface area (Å²) in [4.78, 5) is 11.6. The molecule has 1 rings (SSSR count). The topological polar surface area (TPSA) is 41.1 Å². The van der Waals surface area contributed by atoms with Crippen LogP contribution in [-0.4, -0.2) is 25.5 Å². The van der Waals surface area contributed by atoms with Crippen LogP contribution >= 0.6 is 28.3 Å². The molecule has 0 saturated heterocycles. The van der Waals surface area contributed by atoms with Crippen LogP contribution < -0.4 is 10.6 Å². The summed E-state index contributed by atoms with van der Waals surface area (Å²) < 4.78 is 26.0. The molecule has 2 N–H and O–H groups in total. The maximum atomic E-state index is 13.0. The molecule has 7 heteroatoms. The lowest BCUT2D eigenvalue weighted by Gasteiger charge is -2.07. The van der Waals surface area contributed by atoms with Gasteiger partial charge in [-0.05, 0) is 34.6 Å². The Kier molecular flexibility index (Phi) is 8.06. The third kappa shape index (κ3) is 4.88. The van der Waals surface area contributed by atoms with Crippen LogP contribution in [0.25, 0.3) is 0 Å². The summed E-state index contributed by atoms with van der Waals surface area (Å²) in [6.45, 7) is 3.82. The van der Waals surface area contributed by atoms with Gasteiger partial charge in [0.15, 0.2) is 11.6 Å². The number of hydrogen-bond donors (Lipinski definition) is 2. The zero-order valence-electron chi connectivity index (χ0n) is 9.73. The first-order valence-electron chi connectivity index (χ1n) is 5.19. The lowest BCUT2D eigenvalue weighted by atomic mass is 10.2. The molecule has 102 valence electrons. The molecule has 0 radical (unpaired) electrons. The number of carbonyl (C=O) groups excluding carboxylic acids is 1. The van der Waals surface area contributed by atoms with Gasteiger partial charge < -0.3 is 10.6 Å². The van der Waals surface area contributed by atoms with E-state index in [1.54, 1.807) is 0 Å². The molecule has 0 unspecified atom stereocenters. The van der Waals surface area contributed by atoms with Gasteiger partial charge in [-0.15, -0.1) is 12.4 Å². The van der Waals surface area contributed by atoms with Crippen molar-refractivity contribution in [1.82, 2.24) is 10.6 Å². The van der Waals surface area contributed by atoms with Gasteiger partial charge in [0.1, 0.15) is 0 Å². The highest BCUT2D eigenvalue weighted by Gasteiger charge is 2.13. The SMILES string of the molecule is CCNCCNC(=O)c1cc(F)c(F)cc1Br.Cl. The summed E-state index contributed by atoms with van der Waals surface area (Å²) in [6.07, 6.45) is 0. The fraction of sp³-hybridized carbons (Fsp3) is 0.364. The number of benzene rings is 1. The third-order valence-electron chi connectivity index (χ3n) is 2.09. The van der Waals surface area contributed by atoms with Gasteiger partial charge in [0.05, 0.1) is 5.56 Å². The average Bonchev–Trinajstić information content (AvgIpc) is 2.29. The summed E-state index contributed by atoms with van der Waals surface area (Å²) in [6, 6.07) is 1.82. The highest BCUT2D eigenvalue weighted by atomic mass is 79.9. The molecule has 1 amide bonds. The third-order valence-corrected chi connectivity index (χ3v) is 2.75. The molecular formula is C11H14BrClF2N2O. The molecule has 0 aliphatic heterocycles. The minimum Gasteiger partial charge on any atom is -0.351 e. The Hall–Kier alpha value is -0.720. The summed E-state index contributed by atoms with van der Waals surface area (Å²) in [5, 5.41) is 5.63. The van der Waals surface area contributed by atoms with Crippen LogP contribution in [-0.2, 0) is 0 Å². The molecule has 0 bridgehead atoms. The summed E-state index contributed by atoms with van der Waals surface area (Å²) in [5.41, 5.74) is 0.0837. The van der Waals surface area contributed by atoms with Gasteiger partial charge in [-0.2, -0.15) is 0 Å². The second-order valence-corrected chi connectivity index (χ2v) is 4.21. The van der Waals surface area contributed by atoms with E-state index in [1.807, 2.05) is 6.92 Å². The van der Waals surface area contributed by atoms with Crippen LogP contribution in [0, 0.1) is 11.6 Å². The molecule has 0 spiro atoms. The van der Waals surface area contributed by atoms with Gasteiger partial charge in [0, 0.05) is 17.6 Å². The van der Waals surface area contributed by atoms with E-state index in [9.17, 15) is 13.6 Å². The highest BCUT2D eigenvalue weighted by molar-refractivity contribution is 9.10. The second-order valence-electron chi connectivity index (χ2n) is 3.36. The van der Waals surface area contributed by atoms with Crippen molar-refractivity contribution in [2.75, 3.05) is 19.6 Å². The predicted molar refractivity (Wildman–Crippen MR) is 72.2 cm³/mol. The van der Waals surface area contributed by atoms with Gasteiger partial charge in [-0.25, -0.2) is 8.78 Å². The van der Waals surface area contributed by atoms with Crippen LogP contribution in [0.5, 0.6) is 0 Å². The minimum atomic E-state index is -1.04. The molecule has 0 heterocycles. The summed E-state index contributed by atoms with van der Waals surface area (Å²) >= 11 is 3.02. The van der Waals surface area contributed by atoms with Gasteiger partial charge in [-0.3, -0.25) is 4.79 Å². The molecule has 0 saturated carbocycles. The van der Waals surface area contributed by atoms with Gasteiger partial charge in [0.2, 0.25) is 0 Å². The zero-order valence-corrected chi connectivity index (χ0v) is 12.1. The van der Waals surface area contributed by atoms with E-state index in [4.69, 9.17) is 0 Å². The monoisotopic (exact) mass is 342 g/mol. The second kappa shape index (κ2) is 8.39. The predicted octanol–water partition coefficient (Wildman–Crippen LogP) is 2.49. The smallest absolute Gasteiger partial charge is 0.252 e. The Morgan fingerprint density at radius 1 is 1.28 bits per heavy atom. The first-order valence-corrected chi connectivity index (χ1v) is 5.99. The van der Waals surface area contributed by atoms with Crippen LogP contribution in [0.2, 0.25) is 0 Å². The fourth-order valence-corrected chi connectivity index (χ4v) is 1.73. The maximum Gasteiger partial charge on any atom is 0.252 e. The van der Waals surface area contributed by atoms with E-state index in [2.05, 4.69) is 26.6 Å². The highest BCUT2D eigenvalue weighted by Crippen LogP contribution is 2.20. The first kappa shape index (κ1) is 17.3. The van der Waals surface area contributed by atoms with Crippen molar-refractivity contribution in [3.05, 3.63) is 33.8 Å². The number of likely N-dealkylation sites (N-methyl/N-ethyl adjacent to an activating group) is 1. The molecule has 0 aliphatic carbocycles. The minimum absolute atomic E-state index is 0. The average molecular weight is 344 g/mol. The molecule has 18 heavy (non-hydrogen) atoms. The van der Waals surface area contributed by atoms with E-state index in [0.29, 0.717) is 13.1 Å². The van der Waals surface area contributed by atoms with Crippen LogP contribution in [0.3, 0.4) is 0 Å². The van der Waals surface area contributed by atoms with Crippen molar-refractivity contribution in [3.63, 3.8) is 0 Å². The number of amides is 1. The first-order chi connectivity index (χ1) is 8.06. The molecule has 0 fully saturated rings. The number of carbonyl (C=O) groups is 1. The molecule has 0 aliphatic rings. The largest absolute Gasteiger partial charge is 0.351 e. The lowest BCUT2D eigenvalue weighted by molar-refractivity contribution is 0.0952. The van der Waals surface area contributed by atoms with Crippen molar-refractivity contribution in [1.29, 1.82) is 0 Å². The molecule has 0 aromatic heterocycles. The zero-order chi connectivity index (χ0) is 12.8. The van der Waals surface area contributed by atoms with Crippen LogP contribution in [0.4, 0.5) is 8.78 Å². The number of nitrogens with one attached hydrogen (secondary N) is 2. The normalized spacial score (nSPS) is 9.78. The molecular weight excluding hydrogens is 329 g/mol. The van der Waals surface area contributed by atoms with E-state index in [-0.39, 0.29) is 22.4 Å². The quantitative estimate of drug-likeness (QED) is 0.637. The number of rotatable bonds is 5. The van der Waals surface area contributed by atoms with E-state index in [0.717, 1.165) is 18.7 Å². The van der Waals surface area contributed by atoms with Gasteiger partial charge in [0.25, 0.3) is 5.91 Å². The van der Waals surface area contributed by atoms with Crippen LogP contribution in [0.1, 0.15) is 17.3 Å². The Labute approximate surface area is 119 Å². The van der Waals surface area contributed by atoms with Gasteiger partial charge >= 0.3 is 0 Å². The number of hydrogen-bond acceptors (Lipinski definition) is 2. The lowest BCUT2D eigenvalue weighted by Crippen LogP contribution is -2.32. The Morgan fingerprint density at radius 3 is 2.50 bits per heavy atom. The number of halogens is 4. The maximum absolute atomic E-state index is 13.0. The molecule has 3 nitrogen and oxygen atoms in total. The van der Waals surface area contributed by atoms with Crippen molar-refractivity contribution < 1.29 is 13.6 Å². The standard InChI is InChI=1S/C11H13BrF2N2O.ClH/c1-2-15-3-4-16-11(17)7-5-9(13)10(14)6-8(7)12;/h5-6,15H,2-4H2,1H3,(H,16,17);1H. The summed E-state index contributed by atoms with van der Waals surface area (Å²) in [5.74, 6) is -2.46. The van der Waals surface area contributed by atoms with Crippen molar-refractivity contribution in [2.24, 2.45) is 0 Å². The van der Waals surface area contributed by atoms with Crippen molar-refractivity contribution in [3.8, 4) is 0 Å². The van der Waals surface area contributed by atoms with E-state index < -0.39 is 17.5 Å². The molecule has 1 aromatic rings. The Balaban J connectivity index is 0.00000289. The van der Waals surface area contributed by atoms with Crippen molar-refractivity contribution in [2.45, 2.75) is 6.92 Å². The van der Waals surface area contributed by atoms with E-state index in [1.165, 1.54) is 0 Å². The summed E-state index contributed by atoms with van der Waals surface area (Å²) in [7, 11) is 0. The molecule has 0 atom stereocenters. The molecule has 1 aromatic carbocycles. The van der Waals surface area contributed by atoms with Crippen molar-refractivity contribution >= 4 is 34.2 Å².